The second kappa shape index (κ2) is 8.18. The van der Waals surface area contributed by atoms with Crippen molar-refractivity contribution in [3.63, 3.8) is 0 Å². The number of carbonyl (C=O) groups excluding carboxylic acids is 1. The van der Waals surface area contributed by atoms with Crippen LogP contribution in [0, 0.1) is 11.3 Å². The topological polar surface area (TPSA) is 71.3 Å². The van der Waals surface area contributed by atoms with E-state index in [9.17, 15) is 10.1 Å². The molecule has 0 atom stereocenters. The van der Waals surface area contributed by atoms with Crippen molar-refractivity contribution in [3.8, 4) is 17.6 Å². The van der Waals surface area contributed by atoms with Gasteiger partial charge in [0.15, 0.2) is 11.5 Å². The van der Waals surface area contributed by atoms with Crippen molar-refractivity contribution in [1.29, 1.82) is 5.26 Å². The van der Waals surface area contributed by atoms with Crippen LogP contribution in [0.3, 0.4) is 0 Å². The number of hydrogen-bond donors (Lipinski definition) is 1. The van der Waals surface area contributed by atoms with Crippen molar-refractivity contribution >= 4 is 33.6 Å². The van der Waals surface area contributed by atoms with Crippen molar-refractivity contribution in [1.82, 2.24) is 0 Å². The zero-order valence-corrected chi connectivity index (χ0v) is 14.8. The molecule has 1 N–H and O–H groups in total. The molecule has 0 aromatic heterocycles. The summed E-state index contributed by atoms with van der Waals surface area (Å²) in [5.74, 6) is 0.449. The van der Waals surface area contributed by atoms with Crippen LogP contribution in [0.4, 0.5) is 5.69 Å². The minimum Gasteiger partial charge on any atom is -0.493 e. The van der Waals surface area contributed by atoms with E-state index in [1.807, 2.05) is 12.1 Å². The number of halogens is 1. The van der Waals surface area contributed by atoms with Crippen LogP contribution in [0.1, 0.15) is 5.56 Å². The molecule has 0 saturated carbocycles. The summed E-state index contributed by atoms with van der Waals surface area (Å²) in [6, 6.07) is 14.3. The molecule has 0 saturated heterocycles. The number of amides is 1. The van der Waals surface area contributed by atoms with Crippen LogP contribution >= 0.6 is 15.9 Å². The Balaban J connectivity index is 2.39. The van der Waals surface area contributed by atoms with Gasteiger partial charge in [-0.3, -0.25) is 4.79 Å². The van der Waals surface area contributed by atoms with E-state index in [1.165, 1.54) is 20.3 Å². The second-order valence-electron chi connectivity index (χ2n) is 4.72. The van der Waals surface area contributed by atoms with Gasteiger partial charge in [-0.05, 0) is 30.3 Å². The smallest absolute Gasteiger partial charge is 0.266 e. The minimum atomic E-state index is -0.496. The molecule has 2 aromatic carbocycles. The van der Waals surface area contributed by atoms with Gasteiger partial charge in [0, 0.05) is 15.7 Å². The third kappa shape index (κ3) is 4.15. The van der Waals surface area contributed by atoms with Gasteiger partial charge in [0.25, 0.3) is 5.91 Å². The SMILES string of the molecule is COc1cc(Br)cc(/C=C(/C#N)C(=O)Nc2ccccc2)c1OC. The first-order chi connectivity index (χ1) is 11.6. The third-order valence-corrected chi connectivity index (χ3v) is 3.63. The molecule has 5 nitrogen and oxygen atoms in total. The number of benzene rings is 2. The zero-order valence-electron chi connectivity index (χ0n) is 13.2. The Labute approximate surface area is 148 Å². The average molecular weight is 387 g/mol. The summed E-state index contributed by atoms with van der Waals surface area (Å²) < 4.78 is 11.3. The van der Waals surface area contributed by atoms with Gasteiger partial charge in [0.1, 0.15) is 11.6 Å². The lowest BCUT2D eigenvalue weighted by atomic mass is 10.1. The molecule has 24 heavy (non-hydrogen) atoms. The number of nitrogens with zero attached hydrogens (tertiary/aromatic N) is 1. The van der Waals surface area contributed by atoms with E-state index < -0.39 is 5.91 Å². The fraction of sp³-hybridized carbons (Fsp3) is 0.111. The van der Waals surface area contributed by atoms with E-state index in [0.717, 1.165) is 4.47 Å². The van der Waals surface area contributed by atoms with Crippen LogP contribution in [0.25, 0.3) is 6.08 Å². The lowest BCUT2D eigenvalue weighted by Gasteiger charge is -2.11. The van der Waals surface area contributed by atoms with Crippen LogP contribution in [0.2, 0.25) is 0 Å². The first-order valence-electron chi connectivity index (χ1n) is 6.98. The zero-order chi connectivity index (χ0) is 17.5. The summed E-state index contributed by atoms with van der Waals surface area (Å²) in [6.07, 6.45) is 1.46. The number of ether oxygens (including phenoxy) is 2. The molecule has 0 unspecified atom stereocenters. The van der Waals surface area contributed by atoms with Crippen LogP contribution in [-0.2, 0) is 4.79 Å². The van der Waals surface area contributed by atoms with E-state index in [0.29, 0.717) is 22.7 Å². The molecule has 6 heteroatoms. The largest absolute Gasteiger partial charge is 0.493 e. The maximum Gasteiger partial charge on any atom is 0.266 e. The molecule has 2 rings (SSSR count). The van der Waals surface area contributed by atoms with Gasteiger partial charge >= 0.3 is 0 Å². The molecule has 0 fully saturated rings. The van der Waals surface area contributed by atoms with Crippen molar-refractivity contribution < 1.29 is 14.3 Å². The highest BCUT2D eigenvalue weighted by Gasteiger charge is 2.14. The predicted octanol–water partition coefficient (Wildman–Crippen LogP) is 4.01. The Morgan fingerprint density at radius 1 is 1.21 bits per heavy atom. The van der Waals surface area contributed by atoms with Crippen LogP contribution in [0.15, 0.2) is 52.5 Å². The molecule has 0 heterocycles. The van der Waals surface area contributed by atoms with Gasteiger partial charge in [0.05, 0.1) is 14.2 Å². The molecule has 122 valence electrons. The summed E-state index contributed by atoms with van der Waals surface area (Å²) >= 11 is 3.37. The molecule has 0 radical (unpaired) electrons. The fourth-order valence-corrected chi connectivity index (χ4v) is 2.54. The molecule has 0 aliphatic rings. The standard InChI is InChI=1S/C18H15BrN2O3/c1-23-16-10-14(19)9-12(17(16)24-2)8-13(11-20)18(22)21-15-6-4-3-5-7-15/h3-10H,1-2H3,(H,21,22)/b13-8-. The van der Waals surface area contributed by atoms with Crippen LogP contribution in [0.5, 0.6) is 11.5 Å². The lowest BCUT2D eigenvalue weighted by molar-refractivity contribution is -0.112. The van der Waals surface area contributed by atoms with Crippen LogP contribution < -0.4 is 14.8 Å². The number of carbonyl (C=O) groups is 1. The Kier molecular flexibility index (Phi) is 5.99. The van der Waals surface area contributed by atoms with Gasteiger partial charge in [-0.15, -0.1) is 0 Å². The van der Waals surface area contributed by atoms with Gasteiger partial charge in [0.2, 0.25) is 0 Å². The predicted molar refractivity (Wildman–Crippen MR) is 95.9 cm³/mol. The van der Waals surface area contributed by atoms with E-state index in [1.54, 1.807) is 36.4 Å². The molecule has 0 spiro atoms. The van der Waals surface area contributed by atoms with E-state index in [-0.39, 0.29) is 5.57 Å². The minimum absolute atomic E-state index is 0.0442. The third-order valence-electron chi connectivity index (χ3n) is 3.17. The maximum atomic E-state index is 12.3. The Morgan fingerprint density at radius 3 is 2.50 bits per heavy atom. The molecular weight excluding hydrogens is 372 g/mol. The maximum absolute atomic E-state index is 12.3. The number of anilines is 1. The van der Waals surface area contributed by atoms with Crippen molar-refractivity contribution in [2.45, 2.75) is 0 Å². The summed E-state index contributed by atoms with van der Waals surface area (Å²) in [4.78, 5) is 12.3. The Hall–Kier alpha value is -2.78. The number of methoxy groups -OCH3 is 2. The molecule has 1 amide bonds. The van der Waals surface area contributed by atoms with Gasteiger partial charge in [-0.2, -0.15) is 5.26 Å². The summed E-state index contributed by atoms with van der Waals surface area (Å²) in [7, 11) is 3.02. The van der Waals surface area contributed by atoms with Gasteiger partial charge < -0.3 is 14.8 Å². The lowest BCUT2D eigenvalue weighted by Crippen LogP contribution is -2.13. The van der Waals surface area contributed by atoms with Crippen molar-refractivity contribution in [2.24, 2.45) is 0 Å². The molecule has 0 aliphatic carbocycles. The average Bonchev–Trinajstić information content (AvgIpc) is 2.59. The summed E-state index contributed by atoms with van der Waals surface area (Å²) in [5.41, 5.74) is 1.13. The molecular formula is C18H15BrN2O3. The monoisotopic (exact) mass is 386 g/mol. The van der Waals surface area contributed by atoms with Gasteiger partial charge in [-0.25, -0.2) is 0 Å². The normalized spacial score (nSPS) is 10.7. The van der Waals surface area contributed by atoms with E-state index >= 15 is 0 Å². The van der Waals surface area contributed by atoms with Crippen LogP contribution in [-0.4, -0.2) is 20.1 Å². The highest BCUT2D eigenvalue weighted by atomic mass is 79.9. The molecule has 0 aliphatic heterocycles. The number of para-hydroxylation sites is 1. The fourth-order valence-electron chi connectivity index (χ4n) is 2.09. The summed E-state index contributed by atoms with van der Waals surface area (Å²) in [6.45, 7) is 0. The number of nitrogens with one attached hydrogen (secondary N) is 1. The first-order valence-corrected chi connectivity index (χ1v) is 7.78. The van der Waals surface area contributed by atoms with Crippen molar-refractivity contribution in [2.75, 3.05) is 19.5 Å². The number of nitriles is 1. The van der Waals surface area contributed by atoms with E-state index in [2.05, 4.69) is 21.2 Å². The quantitative estimate of drug-likeness (QED) is 0.622. The first kappa shape index (κ1) is 17.6. The Bertz CT molecular complexity index is 811. The second-order valence-corrected chi connectivity index (χ2v) is 5.64. The number of hydrogen-bond acceptors (Lipinski definition) is 4. The molecule has 2 aromatic rings. The van der Waals surface area contributed by atoms with E-state index in [4.69, 9.17) is 9.47 Å². The Morgan fingerprint density at radius 2 is 1.92 bits per heavy atom. The highest BCUT2D eigenvalue weighted by Crippen LogP contribution is 2.35. The number of rotatable bonds is 5. The molecule has 0 bridgehead atoms. The highest BCUT2D eigenvalue weighted by molar-refractivity contribution is 9.10. The van der Waals surface area contributed by atoms with Gasteiger partial charge in [-0.1, -0.05) is 34.1 Å². The summed E-state index contributed by atoms with van der Waals surface area (Å²) in [5, 5.41) is 12.0. The van der Waals surface area contributed by atoms with Crippen molar-refractivity contribution in [3.05, 3.63) is 58.1 Å².